The molecule has 2 atom stereocenters. The zero-order chi connectivity index (χ0) is 15.1. The minimum Gasteiger partial charge on any atom is -0.378 e. The lowest BCUT2D eigenvalue weighted by atomic mass is 9.99. The molecule has 2 unspecified atom stereocenters. The van der Waals surface area contributed by atoms with Crippen LogP contribution >= 0.6 is 38.5 Å². The quantitative estimate of drug-likeness (QED) is 0.516. The summed E-state index contributed by atoms with van der Waals surface area (Å²) in [6.45, 7) is 4.26. The zero-order valence-corrected chi connectivity index (χ0v) is 16.5. The number of nitrogens with one attached hydrogen (secondary N) is 1. The highest BCUT2D eigenvalue weighted by Gasteiger charge is 2.18. The van der Waals surface area contributed by atoms with Gasteiger partial charge in [0, 0.05) is 20.7 Å². The molecule has 1 heterocycles. The van der Waals surface area contributed by atoms with Crippen LogP contribution < -0.4 is 5.32 Å². The molecule has 0 aliphatic carbocycles. The molecular formula is C17H25BrINO. The van der Waals surface area contributed by atoms with Gasteiger partial charge in [0.25, 0.3) is 0 Å². The molecule has 1 saturated heterocycles. The van der Waals surface area contributed by atoms with Crippen LogP contribution in [0.1, 0.15) is 57.1 Å². The average Bonchev–Trinajstić information content (AvgIpc) is 2.99. The van der Waals surface area contributed by atoms with Gasteiger partial charge in [0.1, 0.15) is 0 Å². The maximum Gasteiger partial charge on any atom is 0.0576 e. The van der Waals surface area contributed by atoms with E-state index in [1.54, 1.807) is 0 Å². The number of halogens is 2. The highest BCUT2D eigenvalue weighted by Crippen LogP contribution is 2.29. The fourth-order valence-electron chi connectivity index (χ4n) is 2.89. The summed E-state index contributed by atoms with van der Waals surface area (Å²) in [5.41, 5.74) is 1.39. The Hall–Kier alpha value is 0.350. The smallest absolute Gasteiger partial charge is 0.0576 e. The van der Waals surface area contributed by atoms with Crippen LogP contribution in [0.25, 0.3) is 0 Å². The third kappa shape index (κ3) is 5.81. The van der Waals surface area contributed by atoms with Crippen molar-refractivity contribution >= 4 is 38.5 Å². The summed E-state index contributed by atoms with van der Waals surface area (Å²) in [4.78, 5) is 0. The molecule has 1 fully saturated rings. The van der Waals surface area contributed by atoms with Gasteiger partial charge in [-0.15, -0.1) is 0 Å². The maximum absolute atomic E-state index is 5.73. The standard InChI is InChI=1S/C17H25BrINO/c1-2-10-20-17(7-3-5-14-6-4-11-21-14)15-12-13(19)8-9-16(15)18/h8-9,12,14,17,20H,2-7,10-11H2,1H3. The van der Waals surface area contributed by atoms with Gasteiger partial charge in [0.05, 0.1) is 6.10 Å². The molecular weight excluding hydrogens is 441 g/mol. The minimum absolute atomic E-state index is 0.440. The van der Waals surface area contributed by atoms with E-state index in [0.29, 0.717) is 12.1 Å². The van der Waals surface area contributed by atoms with Crippen LogP contribution in [-0.2, 0) is 4.74 Å². The number of benzene rings is 1. The Labute approximate surface area is 150 Å². The van der Waals surface area contributed by atoms with Crippen molar-refractivity contribution in [2.45, 2.75) is 57.6 Å². The van der Waals surface area contributed by atoms with Gasteiger partial charge >= 0.3 is 0 Å². The summed E-state index contributed by atoms with van der Waals surface area (Å²) >= 11 is 6.11. The molecule has 2 rings (SSSR count). The van der Waals surface area contributed by atoms with Gasteiger partial charge < -0.3 is 10.1 Å². The van der Waals surface area contributed by atoms with Gasteiger partial charge in [-0.05, 0) is 91.4 Å². The molecule has 0 amide bonds. The van der Waals surface area contributed by atoms with Crippen molar-refractivity contribution in [1.29, 1.82) is 0 Å². The summed E-state index contributed by atoms with van der Waals surface area (Å²) < 4.78 is 8.25. The van der Waals surface area contributed by atoms with E-state index in [0.717, 1.165) is 13.2 Å². The zero-order valence-electron chi connectivity index (χ0n) is 12.7. The van der Waals surface area contributed by atoms with Crippen LogP contribution in [0, 0.1) is 3.57 Å². The van der Waals surface area contributed by atoms with Gasteiger partial charge in [0.2, 0.25) is 0 Å². The van der Waals surface area contributed by atoms with E-state index in [1.807, 2.05) is 0 Å². The molecule has 0 bridgehead atoms. The third-order valence-electron chi connectivity index (χ3n) is 4.02. The maximum atomic E-state index is 5.73. The fraction of sp³-hybridized carbons (Fsp3) is 0.647. The molecule has 0 aromatic heterocycles. The second-order valence-electron chi connectivity index (χ2n) is 5.74. The summed E-state index contributed by atoms with van der Waals surface area (Å²) in [7, 11) is 0. The average molecular weight is 466 g/mol. The number of hydrogen-bond acceptors (Lipinski definition) is 2. The Bertz CT molecular complexity index is 435. The summed E-state index contributed by atoms with van der Waals surface area (Å²) in [6, 6.07) is 7.05. The van der Waals surface area contributed by atoms with E-state index < -0.39 is 0 Å². The van der Waals surface area contributed by atoms with E-state index in [9.17, 15) is 0 Å². The molecule has 1 aromatic carbocycles. The van der Waals surface area contributed by atoms with Crippen LogP contribution in [0.4, 0.5) is 0 Å². The second-order valence-corrected chi connectivity index (χ2v) is 7.84. The normalized spacial score (nSPS) is 19.9. The molecule has 1 aromatic rings. The van der Waals surface area contributed by atoms with E-state index in [2.05, 4.69) is 69.0 Å². The molecule has 21 heavy (non-hydrogen) atoms. The number of rotatable bonds is 8. The van der Waals surface area contributed by atoms with E-state index >= 15 is 0 Å². The minimum atomic E-state index is 0.440. The molecule has 1 N–H and O–H groups in total. The van der Waals surface area contributed by atoms with E-state index in [-0.39, 0.29) is 0 Å². The van der Waals surface area contributed by atoms with Crippen molar-refractivity contribution in [3.05, 3.63) is 31.8 Å². The highest BCUT2D eigenvalue weighted by molar-refractivity contribution is 14.1. The number of hydrogen-bond donors (Lipinski definition) is 1. The topological polar surface area (TPSA) is 21.3 Å². The molecule has 1 aliphatic heterocycles. The van der Waals surface area contributed by atoms with Crippen molar-refractivity contribution in [1.82, 2.24) is 5.32 Å². The highest BCUT2D eigenvalue weighted by atomic mass is 127. The molecule has 0 spiro atoms. The molecule has 118 valence electrons. The first-order valence-corrected chi connectivity index (χ1v) is 9.87. The molecule has 4 heteroatoms. The van der Waals surface area contributed by atoms with Crippen LogP contribution in [0.3, 0.4) is 0 Å². The van der Waals surface area contributed by atoms with Crippen molar-refractivity contribution in [3.8, 4) is 0 Å². The van der Waals surface area contributed by atoms with Crippen molar-refractivity contribution in [2.24, 2.45) is 0 Å². The first-order chi connectivity index (χ1) is 10.2. The van der Waals surface area contributed by atoms with Gasteiger partial charge in [-0.1, -0.05) is 22.9 Å². The summed E-state index contributed by atoms with van der Waals surface area (Å²) in [5, 5.41) is 3.70. The Morgan fingerprint density at radius 2 is 2.33 bits per heavy atom. The van der Waals surface area contributed by atoms with Crippen LogP contribution in [0.2, 0.25) is 0 Å². The predicted molar refractivity (Wildman–Crippen MR) is 101 cm³/mol. The van der Waals surface area contributed by atoms with Crippen molar-refractivity contribution in [3.63, 3.8) is 0 Å². The van der Waals surface area contributed by atoms with Gasteiger partial charge in [0.15, 0.2) is 0 Å². The van der Waals surface area contributed by atoms with Gasteiger partial charge in [-0.25, -0.2) is 0 Å². The first kappa shape index (κ1) is 17.7. The number of ether oxygens (including phenoxy) is 1. The molecule has 0 saturated carbocycles. The SMILES string of the molecule is CCCNC(CCCC1CCCO1)c1cc(I)ccc1Br. The van der Waals surface area contributed by atoms with Crippen molar-refractivity contribution < 1.29 is 4.74 Å². The largest absolute Gasteiger partial charge is 0.378 e. The van der Waals surface area contributed by atoms with E-state index in [4.69, 9.17) is 4.74 Å². The van der Waals surface area contributed by atoms with E-state index in [1.165, 1.54) is 52.1 Å². The predicted octanol–water partition coefficient (Wildman–Crippen LogP) is 5.44. The Morgan fingerprint density at radius 3 is 3.05 bits per heavy atom. The van der Waals surface area contributed by atoms with Crippen LogP contribution in [0.15, 0.2) is 22.7 Å². The van der Waals surface area contributed by atoms with Crippen molar-refractivity contribution in [2.75, 3.05) is 13.2 Å². The van der Waals surface area contributed by atoms with Crippen LogP contribution in [-0.4, -0.2) is 19.3 Å². The molecule has 1 aliphatic rings. The fourth-order valence-corrected chi connectivity index (χ4v) is 3.93. The Kier molecular flexibility index (Phi) is 7.99. The third-order valence-corrected chi connectivity index (χ3v) is 5.41. The lowest BCUT2D eigenvalue weighted by molar-refractivity contribution is 0.101. The molecule has 0 radical (unpaired) electrons. The molecule has 2 nitrogen and oxygen atoms in total. The van der Waals surface area contributed by atoms with Gasteiger partial charge in [-0.3, -0.25) is 0 Å². The van der Waals surface area contributed by atoms with Gasteiger partial charge in [-0.2, -0.15) is 0 Å². The Balaban J connectivity index is 1.94. The summed E-state index contributed by atoms with van der Waals surface area (Å²) in [6.07, 6.45) is 7.78. The van der Waals surface area contributed by atoms with Crippen LogP contribution in [0.5, 0.6) is 0 Å². The summed E-state index contributed by atoms with van der Waals surface area (Å²) in [5.74, 6) is 0. The Morgan fingerprint density at radius 1 is 1.48 bits per heavy atom. The lowest BCUT2D eigenvalue weighted by Gasteiger charge is -2.21. The lowest BCUT2D eigenvalue weighted by Crippen LogP contribution is -2.23. The first-order valence-electron chi connectivity index (χ1n) is 8.00. The second kappa shape index (κ2) is 9.48. The monoisotopic (exact) mass is 465 g/mol.